The average molecular weight is 249 g/mol. The molecule has 2 N–H and O–H groups in total. The number of nitrogens with two attached hydrogens (primary N) is 1. The molecule has 3 heteroatoms. The van der Waals surface area contributed by atoms with Gasteiger partial charge in [0.1, 0.15) is 0 Å². The van der Waals surface area contributed by atoms with Crippen LogP contribution in [0.5, 0.6) is 0 Å². The Morgan fingerprint density at radius 2 is 2.06 bits per heavy atom. The highest BCUT2D eigenvalue weighted by atomic mass is 16.5. The van der Waals surface area contributed by atoms with Crippen molar-refractivity contribution in [2.75, 3.05) is 19.8 Å². The molecule has 1 aromatic rings. The van der Waals surface area contributed by atoms with E-state index in [0.717, 1.165) is 13.0 Å². The van der Waals surface area contributed by atoms with E-state index in [1.165, 1.54) is 11.1 Å². The van der Waals surface area contributed by atoms with Gasteiger partial charge in [-0.3, -0.25) is 0 Å². The van der Waals surface area contributed by atoms with E-state index >= 15 is 0 Å². The molecule has 0 saturated carbocycles. The van der Waals surface area contributed by atoms with E-state index in [1.807, 2.05) is 6.07 Å². The minimum atomic E-state index is 0.00583. The fourth-order valence-corrected chi connectivity index (χ4v) is 2.33. The Kier molecular flexibility index (Phi) is 4.75. The zero-order chi connectivity index (χ0) is 13.0. The van der Waals surface area contributed by atoms with Crippen LogP contribution in [-0.4, -0.2) is 25.9 Å². The van der Waals surface area contributed by atoms with E-state index in [4.69, 9.17) is 15.2 Å². The van der Waals surface area contributed by atoms with E-state index in [1.54, 1.807) is 0 Å². The molecule has 0 aromatic heterocycles. The number of hydrogen-bond donors (Lipinski definition) is 1. The SMILES string of the molecule is CC(C)COCCOC1Cc2ccccc2C1N. The first-order chi connectivity index (χ1) is 8.68. The molecule has 2 unspecified atom stereocenters. The Balaban J connectivity index is 1.73. The summed E-state index contributed by atoms with van der Waals surface area (Å²) in [5, 5.41) is 0. The molecular formula is C15H23NO2. The predicted molar refractivity (Wildman–Crippen MR) is 72.5 cm³/mol. The van der Waals surface area contributed by atoms with Crippen molar-refractivity contribution in [3.8, 4) is 0 Å². The van der Waals surface area contributed by atoms with Crippen LogP contribution in [0.15, 0.2) is 24.3 Å². The first-order valence-corrected chi connectivity index (χ1v) is 6.71. The lowest BCUT2D eigenvalue weighted by molar-refractivity contribution is -0.00586. The van der Waals surface area contributed by atoms with Crippen LogP contribution in [0.1, 0.15) is 31.0 Å². The highest BCUT2D eigenvalue weighted by Crippen LogP contribution is 2.31. The molecule has 3 nitrogen and oxygen atoms in total. The fourth-order valence-electron chi connectivity index (χ4n) is 2.33. The van der Waals surface area contributed by atoms with Crippen molar-refractivity contribution in [1.29, 1.82) is 0 Å². The molecule has 100 valence electrons. The second kappa shape index (κ2) is 6.32. The summed E-state index contributed by atoms with van der Waals surface area (Å²) in [4.78, 5) is 0. The van der Waals surface area contributed by atoms with Crippen LogP contribution in [-0.2, 0) is 15.9 Å². The van der Waals surface area contributed by atoms with Crippen LogP contribution in [0.3, 0.4) is 0 Å². The van der Waals surface area contributed by atoms with Gasteiger partial charge in [-0.15, -0.1) is 0 Å². The third-order valence-corrected chi connectivity index (χ3v) is 3.25. The van der Waals surface area contributed by atoms with E-state index in [9.17, 15) is 0 Å². The lowest BCUT2D eigenvalue weighted by Gasteiger charge is -2.17. The first kappa shape index (κ1) is 13.5. The molecule has 0 saturated heterocycles. The van der Waals surface area contributed by atoms with Gasteiger partial charge in [-0.05, 0) is 17.0 Å². The van der Waals surface area contributed by atoms with Crippen molar-refractivity contribution in [3.63, 3.8) is 0 Å². The van der Waals surface area contributed by atoms with Crippen molar-refractivity contribution in [2.24, 2.45) is 11.7 Å². The molecule has 1 aliphatic carbocycles. The van der Waals surface area contributed by atoms with Crippen molar-refractivity contribution in [3.05, 3.63) is 35.4 Å². The summed E-state index contributed by atoms with van der Waals surface area (Å²) in [7, 11) is 0. The zero-order valence-corrected chi connectivity index (χ0v) is 11.3. The summed E-state index contributed by atoms with van der Waals surface area (Å²) in [5.74, 6) is 0.572. The Hall–Kier alpha value is -0.900. The Morgan fingerprint density at radius 3 is 2.78 bits per heavy atom. The van der Waals surface area contributed by atoms with Gasteiger partial charge in [-0.25, -0.2) is 0 Å². The van der Waals surface area contributed by atoms with Crippen LogP contribution in [0.2, 0.25) is 0 Å². The van der Waals surface area contributed by atoms with Crippen molar-refractivity contribution >= 4 is 0 Å². The first-order valence-electron chi connectivity index (χ1n) is 6.71. The predicted octanol–water partition coefficient (Wildman–Crippen LogP) is 2.30. The quantitative estimate of drug-likeness (QED) is 0.787. The van der Waals surface area contributed by atoms with Crippen molar-refractivity contribution in [2.45, 2.75) is 32.4 Å². The Bertz CT molecular complexity index is 379. The number of rotatable bonds is 6. The molecule has 1 aromatic carbocycles. The largest absolute Gasteiger partial charge is 0.379 e. The van der Waals surface area contributed by atoms with Crippen LogP contribution < -0.4 is 5.73 Å². The standard InChI is InChI=1S/C15H23NO2/c1-11(2)10-17-7-8-18-14-9-12-5-3-4-6-13(12)15(14)16/h3-6,11,14-15H,7-10,16H2,1-2H3. The number of hydrogen-bond acceptors (Lipinski definition) is 3. The summed E-state index contributed by atoms with van der Waals surface area (Å²) in [6.07, 6.45) is 1.02. The van der Waals surface area contributed by atoms with Crippen LogP contribution in [0.4, 0.5) is 0 Å². The molecule has 2 atom stereocenters. The third kappa shape index (κ3) is 3.31. The molecule has 1 aliphatic rings. The summed E-state index contributed by atoms with van der Waals surface area (Å²) in [6, 6.07) is 8.32. The van der Waals surface area contributed by atoms with Crippen molar-refractivity contribution in [1.82, 2.24) is 0 Å². The van der Waals surface area contributed by atoms with E-state index in [0.29, 0.717) is 19.1 Å². The molecule has 0 amide bonds. The highest BCUT2D eigenvalue weighted by molar-refractivity contribution is 5.36. The van der Waals surface area contributed by atoms with Gasteiger partial charge < -0.3 is 15.2 Å². The van der Waals surface area contributed by atoms with Crippen LogP contribution >= 0.6 is 0 Å². The smallest absolute Gasteiger partial charge is 0.0809 e. The topological polar surface area (TPSA) is 44.5 Å². The number of benzene rings is 1. The zero-order valence-electron chi connectivity index (χ0n) is 11.3. The maximum Gasteiger partial charge on any atom is 0.0809 e. The highest BCUT2D eigenvalue weighted by Gasteiger charge is 2.29. The Morgan fingerprint density at radius 1 is 1.28 bits per heavy atom. The average Bonchev–Trinajstić information content (AvgIpc) is 2.66. The molecule has 0 spiro atoms. The summed E-state index contributed by atoms with van der Waals surface area (Å²) >= 11 is 0. The maximum atomic E-state index is 6.19. The third-order valence-electron chi connectivity index (χ3n) is 3.25. The maximum absolute atomic E-state index is 6.19. The number of fused-ring (bicyclic) bond motifs is 1. The second-order valence-corrected chi connectivity index (χ2v) is 5.31. The van der Waals surface area contributed by atoms with Gasteiger partial charge in [0.05, 0.1) is 25.4 Å². The van der Waals surface area contributed by atoms with E-state index < -0.39 is 0 Å². The minimum Gasteiger partial charge on any atom is -0.379 e. The molecule has 0 aliphatic heterocycles. The minimum absolute atomic E-state index is 0.00583. The number of ether oxygens (including phenoxy) is 2. The van der Waals surface area contributed by atoms with E-state index in [-0.39, 0.29) is 12.1 Å². The van der Waals surface area contributed by atoms with Crippen LogP contribution in [0.25, 0.3) is 0 Å². The molecular weight excluding hydrogens is 226 g/mol. The van der Waals surface area contributed by atoms with Crippen LogP contribution in [0, 0.1) is 5.92 Å². The van der Waals surface area contributed by atoms with Gasteiger partial charge in [-0.2, -0.15) is 0 Å². The second-order valence-electron chi connectivity index (χ2n) is 5.31. The molecule has 0 radical (unpaired) electrons. The van der Waals surface area contributed by atoms with Gasteiger partial charge in [0.15, 0.2) is 0 Å². The lowest BCUT2D eigenvalue weighted by atomic mass is 10.1. The molecule has 0 heterocycles. The summed E-state index contributed by atoms with van der Waals surface area (Å²) < 4.78 is 11.3. The Labute approximate surface area is 109 Å². The fraction of sp³-hybridized carbons (Fsp3) is 0.600. The van der Waals surface area contributed by atoms with Gasteiger partial charge in [0.25, 0.3) is 0 Å². The van der Waals surface area contributed by atoms with Crippen molar-refractivity contribution < 1.29 is 9.47 Å². The molecule has 0 fully saturated rings. The van der Waals surface area contributed by atoms with Gasteiger partial charge >= 0.3 is 0 Å². The molecule has 0 bridgehead atoms. The normalized spacial score (nSPS) is 22.4. The molecule has 18 heavy (non-hydrogen) atoms. The molecule has 2 rings (SSSR count). The summed E-state index contributed by atoms with van der Waals surface area (Å²) in [5.41, 5.74) is 8.73. The monoisotopic (exact) mass is 249 g/mol. The van der Waals surface area contributed by atoms with Gasteiger partial charge in [0.2, 0.25) is 0 Å². The van der Waals surface area contributed by atoms with Gasteiger partial charge in [0, 0.05) is 13.0 Å². The van der Waals surface area contributed by atoms with Gasteiger partial charge in [-0.1, -0.05) is 38.1 Å². The van der Waals surface area contributed by atoms with E-state index in [2.05, 4.69) is 32.0 Å². The summed E-state index contributed by atoms with van der Waals surface area (Å²) in [6.45, 7) is 6.35. The lowest BCUT2D eigenvalue weighted by Crippen LogP contribution is -2.26.